The number of hydrogen-bond donors (Lipinski definition) is 0. The molecule has 5 aromatic carbocycles. The van der Waals surface area contributed by atoms with Gasteiger partial charge in [0, 0.05) is 23.6 Å². The molecule has 0 bridgehead atoms. The topological polar surface area (TPSA) is 35.5 Å². The number of benzene rings is 5. The molecule has 3 nitrogen and oxygen atoms in total. The lowest BCUT2D eigenvalue weighted by atomic mass is 9.95. The Labute approximate surface area is 245 Å². The van der Waals surface area contributed by atoms with E-state index in [2.05, 4.69) is 43.8 Å². The van der Waals surface area contributed by atoms with Crippen LogP contribution in [0.1, 0.15) is 25.3 Å². The molecule has 0 N–H and O–H groups in total. The summed E-state index contributed by atoms with van der Waals surface area (Å²) in [5.74, 6) is -0.682. The minimum absolute atomic E-state index is 0.243. The first kappa shape index (κ1) is 28.7. The van der Waals surface area contributed by atoms with Crippen molar-refractivity contribution < 1.29 is 23.0 Å². The van der Waals surface area contributed by atoms with Gasteiger partial charge in [0.1, 0.15) is 17.4 Å². The van der Waals surface area contributed by atoms with E-state index < -0.39 is 17.6 Å². The largest absolute Gasteiger partial charge is 0.493 e. The summed E-state index contributed by atoms with van der Waals surface area (Å²) < 4.78 is 41.1. The van der Waals surface area contributed by atoms with E-state index in [1.165, 1.54) is 23.1 Å². The van der Waals surface area contributed by atoms with Crippen LogP contribution in [0.5, 0.6) is 5.75 Å². The Hall–Kier alpha value is -4.77. The van der Waals surface area contributed by atoms with Crippen LogP contribution in [0.2, 0.25) is 0 Å². The first-order valence-corrected chi connectivity index (χ1v) is 14.1. The number of fused-ring (bicyclic) bond motifs is 1. The van der Waals surface area contributed by atoms with E-state index in [1.54, 1.807) is 42.5 Å². The van der Waals surface area contributed by atoms with Crippen molar-refractivity contribution in [3.63, 3.8) is 0 Å². The molecule has 212 valence electrons. The smallest absolute Gasteiger partial charge is 0.330 e. The van der Waals surface area contributed by atoms with E-state index in [-0.39, 0.29) is 6.61 Å². The Balaban J connectivity index is 1.27. The number of halogens is 2. The monoisotopic (exact) mass is 562 g/mol. The summed E-state index contributed by atoms with van der Waals surface area (Å²) in [5.41, 5.74) is 4.93. The van der Waals surface area contributed by atoms with Gasteiger partial charge in [0.05, 0.1) is 13.2 Å². The van der Waals surface area contributed by atoms with Gasteiger partial charge in [-0.1, -0.05) is 86.7 Å². The van der Waals surface area contributed by atoms with E-state index in [4.69, 9.17) is 9.47 Å². The third-order valence-electron chi connectivity index (χ3n) is 7.16. The van der Waals surface area contributed by atoms with Crippen LogP contribution in [-0.2, 0) is 16.0 Å². The molecule has 0 heterocycles. The minimum atomic E-state index is -0.464. The lowest BCUT2D eigenvalue weighted by Crippen LogP contribution is -2.06. The van der Waals surface area contributed by atoms with Crippen molar-refractivity contribution in [1.29, 1.82) is 0 Å². The number of hydrogen-bond acceptors (Lipinski definition) is 3. The van der Waals surface area contributed by atoms with Gasteiger partial charge in [-0.15, -0.1) is 0 Å². The molecule has 0 fully saturated rings. The van der Waals surface area contributed by atoms with Gasteiger partial charge in [0.25, 0.3) is 0 Å². The van der Waals surface area contributed by atoms with Crippen molar-refractivity contribution in [3.05, 3.63) is 127 Å². The summed E-state index contributed by atoms with van der Waals surface area (Å²) in [7, 11) is 0. The summed E-state index contributed by atoms with van der Waals surface area (Å²) in [6.45, 7) is 6.13. The van der Waals surface area contributed by atoms with Crippen LogP contribution >= 0.6 is 0 Å². The number of esters is 1. The van der Waals surface area contributed by atoms with Gasteiger partial charge in [-0.2, -0.15) is 0 Å². The Kier molecular flexibility index (Phi) is 9.08. The zero-order valence-electron chi connectivity index (χ0n) is 23.5. The molecule has 0 radical (unpaired) electrons. The van der Waals surface area contributed by atoms with Gasteiger partial charge < -0.3 is 9.47 Å². The average Bonchev–Trinajstić information content (AvgIpc) is 3.01. The molecule has 0 amide bonds. The summed E-state index contributed by atoms with van der Waals surface area (Å²) in [6, 6.07) is 29.6. The SMILES string of the molecule is C=CC(=O)OCCCOc1ccc(-c2ccc(-c3ccc(-c4ccc5cc(CCC)ccc5c4)cc3F)cc2F)cc1. The molecule has 0 aromatic heterocycles. The summed E-state index contributed by atoms with van der Waals surface area (Å²) in [5, 5.41) is 2.28. The second kappa shape index (κ2) is 13.3. The molecule has 0 spiro atoms. The highest BCUT2D eigenvalue weighted by molar-refractivity contribution is 5.88. The Bertz CT molecular complexity index is 1720. The lowest BCUT2D eigenvalue weighted by Gasteiger charge is -2.11. The van der Waals surface area contributed by atoms with Crippen LogP contribution in [0.25, 0.3) is 44.2 Å². The summed E-state index contributed by atoms with van der Waals surface area (Å²) >= 11 is 0. The number of carbonyl (C=O) groups is 1. The molecule has 0 aliphatic rings. The Morgan fingerprint density at radius 3 is 2.02 bits per heavy atom. The van der Waals surface area contributed by atoms with E-state index in [0.717, 1.165) is 35.4 Å². The predicted octanol–water partition coefficient (Wildman–Crippen LogP) is 9.57. The normalized spacial score (nSPS) is 10.9. The second-order valence-corrected chi connectivity index (χ2v) is 10.1. The van der Waals surface area contributed by atoms with E-state index in [0.29, 0.717) is 41.0 Å². The fourth-order valence-corrected chi connectivity index (χ4v) is 4.98. The van der Waals surface area contributed by atoms with Crippen LogP contribution in [0.3, 0.4) is 0 Å². The van der Waals surface area contributed by atoms with Crippen molar-refractivity contribution in [3.8, 4) is 39.1 Å². The molecule has 0 saturated carbocycles. The Morgan fingerprint density at radius 2 is 1.31 bits per heavy atom. The van der Waals surface area contributed by atoms with Gasteiger partial charge in [-0.25, -0.2) is 13.6 Å². The summed E-state index contributed by atoms with van der Waals surface area (Å²) in [6.07, 6.45) is 3.81. The van der Waals surface area contributed by atoms with Crippen molar-refractivity contribution in [2.45, 2.75) is 26.2 Å². The van der Waals surface area contributed by atoms with E-state index in [1.807, 2.05) is 12.1 Å². The first-order chi connectivity index (χ1) is 20.4. The molecule has 5 heteroatoms. The molecule has 5 rings (SSSR count). The second-order valence-electron chi connectivity index (χ2n) is 10.1. The van der Waals surface area contributed by atoms with Crippen LogP contribution in [0, 0.1) is 11.6 Å². The van der Waals surface area contributed by atoms with Crippen molar-refractivity contribution >= 4 is 16.7 Å². The highest BCUT2D eigenvalue weighted by Crippen LogP contribution is 2.33. The van der Waals surface area contributed by atoms with Crippen LogP contribution in [0.15, 0.2) is 110 Å². The third kappa shape index (κ3) is 6.74. The molecule has 0 saturated heterocycles. The quantitative estimate of drug-likeness (QED) is 0.0914. The molecule has 42 heavy (non-hydrogen) atoms. The zero-order chi connectivity index (χ0) is 29.5. The molecule has 0 aliphatic carbocycles. The van der Waals surface area contributed by atoms with Crippen molar-refractivity contribution in [1.82, 2.24) is 0 Å². The van der Waals surface area contributed by atoms with Gasteiger partial charge >= 0.3 is 5.97 Å². The average molecular weight is 563 g/mol. The van der Waals surface area contributed by atoms with Crippen LogP contribution < -0.4 is 4.74 Å². The number of ether oxygens (including phenoxy) is 2. The van der Waals surface area contributed by atoms with Gasteiger partial charge in [0.2, 0.25) is 0 Å². The maximum Gasteiger partial charge on any atom is 0.330 e. The fraction of sp³-hybridized carbons (Fsp3) is 0.162. The molecular weight excluding hydrogens is 530 g/mol. The van der Waals surface area contributed by atoms with Crippen molar-refractivity contribution in [2.75, 3.05) is 13.2 Å². The Morgan fingerprint density at radius 1 is 0.714 bits per heavy atom. The fourth-order valence-electron chi connectivity index (χ4n) is 4.98. The van der Waals surface area contributed by atoms with Gasteiger partial charge in [-0.3, -0.25) is 0 Å². The standard InChI is InChI=1S/C37H32F2O3/c1-3-6-25-7-8-28-22-29(10-9-27(28)21-25)30-13-17-34(35(38)23-30)31-14-18-33(36(39)24-31)26-11-15-32(16-12-26)41-19-5-20-42-37(40)4-2/h4,7-18,21-24H,2-3,5-6,19-20H2,1H3. The first-order valence-electron chi connectivity index (χ1n) is 14.1. The van der Waals surface area contributed by atoms with E-state index in [9.17, 15) is 4.79 Å². The highest BCUT2D eigenvalue weighted by atomic mass is 19.1. The van der Waals surface area contributed by atoms with Gasteiger partial charge in [-0.05, 0) is 75.3 Å². The van der Waals surface area contributed by atoms with Crippen LogP contribution in [-0.4, -0.2) is 19.2 Å². The van der Waals surface area contributed by atoms with E-state index >= 15 is 8.78 Å². The third-order valence-corrected chi connectivity index (χ3v) is 7.16. The number of carbonyl (C=O) groups excluding carboxylic acids is 1. The zero-order valence-corrected chi connectivity index (χ0v) is 23.5. The predicted molar refractivity (Wildman–Crippen MR) is 165 cm³/mol. The number of aryl methyl sites for hydroxylation is 1. The molecule has 0 unspecified atom stereocenters. The highest BCUT2D eigenvalue weighted by Gasteiger charge is 2.12. The van der Waals surface area contributed by atoms with Crippen molar-refractivity contribution in [2.24, 2.45) is 0 Å². The molecule has 0 atom stereocenters. The number of rotatable bonds is 11. The van der Waals surface area contributed by atoms with Crippen LogP contribution in [0.4, 0.5) is 8.78 Å². The maximum absolute atomic E-state index is 15.3. The molecule has 5 aromatic rings. The maximum atomic E-state index is 15.3. The molecular formula is C37H32F2O3. The minimum Gasteiger partial charge on any atom is -0.493 e. The lowest BCUT2D eigenvalue weighted by molar-refractivity contribution is -0.137. The van der Waals surface area contributed by atoms with Gasteiger partial charge in [0.15, 0.2) is 0 Å². The summed E-state index contributed by atoms with van der Waals surface area (Å²) in [4.78, 5) is 11.1. The molecule has 0 aliphatic heterocycles.